The number of hydrogen-bond acceptors (Lipinski definition) is 5. The van der Waals surface area contributed by atoms with Gasteiger partial charge in [-0.1, -0.05) is 6.07 Å². The van der Waals surface area contributed by atoms with Crippen LogP contribution in [0, 0.1) is 13.8 Å². The van der Waals surface area contributed by atoms with Crippen molar-refractivity contribution in [1.82, 2.24) is 10.2 Å². The van der Waals surface area contributed by atoms with Gasteiger partial charge in [-0.15, -0.1) is 0 Å². The number of nitrogens with one attached hydrogen (secondary N) is 3. The molecule has 0 unspecified atom stereocenters. The summed E-state index contributed by atoms with van der Waals surface area (Å²) in [6, 6.07) is 10.3. The van der Waals surface area contributed by atoms with E-state index in [1.807, 2.05) is 32.0 Å². The quantitative estimate of drug-likeness (QED) is 0.621. The molecule has 2 aliphatic rings. The second-order valence-corrected chi connectivity index (χ2v) is 9.21. The van der Waals surface area contributed by atoms with E-state index in [0.29, 0.717) is 35.5 Å². The molecule has 2 aromatic rings. The standard InChI is InChI=1S/C26H32N4O5/c1-15-9-16(2)11-18(10-15)29-26(33)28-17-5-8-22-20(12-17)25(32)30(4)21-7-6-19(13-24(31)27-3)35-23(21)14-34-22/h5,8-12,19,21,23H,6-7,13-14H2,1-4H3,(H,27,31)(H2,28,29,33)/t19-,21-,23-/m1/s1. The van der Waals surface area contributed by atoms with E-state index in [1.165, 1.54) is 0 Å². The molecule has 0 spiro atoms. The molecule has 4 amide bonds. The Morgan fingerprint density at radius 1 is 1.03 bits per heavy atom. The number of aryl methyl sites for hydroxylation is 2. The number of amides is 4. The smallest absolute Gasteiger partial charge is 0.323 e. The number of ether oxygens (including phenoxy) is 2. The van der Waals surface area contributed by atoms with E-state index < -0.39 is 6.03 Å². The van der Waals surface area contributed by atoms with E-state index >= 15 is 0 Å². The highest BCUT2D eigenvalue weighted by Gasteiger charge is 2.39. The fraction of sp³-hybridized carbons (Fsp3) is 0.423. The van der Waals surface area contributed by atoms with Crippen molar-refractivity contribution < 1.29 is 23.9 Å². The average molecular weight is 481 g/mol. The molecule has 2 aromatic carbocycles. The second-order valence-electron chi connectivity index (χ2n) is 9.21. The molecule has 2 heterocycles. The van der Waals surface area contributed by atoms with Crippen molar-refractivity contribution in [3.05, 3.63) is 53.1 Å². The van der Waals surface area contributed by atoms with Gasteiger partial charge in [-0.2, -0.15) is 0 Å². The normalized spacial score (nSPS) is 21.5. The molecule has 1 fully saturated rings. The van der Waals surface area contributed by atoms with Crippen LogP contribution < -0.4 is 20.7 Å². The molecule has 35 heavy (non-hydrogen) atoms. The van der Waals surface area contributed by atoms with Crippen LogP contribution in [0.15, 0.2) is 36.4 Å². The van der Waals surface area contributed by atoms with Crippen molar-refractivity contribution >= 4 is 29.2 Å². The molecule has 9 heteroatoms. The number of hydrogen-bond donors (Lipinski definition) is 3. The van der Waals surface area contributed by atoms with Gasteiger partial charge in [0.05, 0.1) is 24.1 Å². The summed E-state index contributed by atoms with van der Waals surface area (Å²) in [6.07, 6.45) is 1.14. The van der Waals surface area contributed by atoms with Crippen molar-refractivity contribution in [1.29, 1.82) is 0 Å². The number of nitrogens with zero attached hydrogens (tertiary/aromatic N) is 1. The highest BCUT2D eigenvalue weighted by Crippen LogP contribution is 2.32. The highest BCUT2D eigenvalue weighted by molar-refractivity contribution is 6.02. The van der Waals surface area contributed by atoms with Crippen molar-refractivity contribution in [3.63, 3.8) is 0 Å². The van der Waals surface area contributed by atoms with Gasteiger partial charge in [0.2, 0.25) is 5.91 Å². The van der Waals surface area contributed by atoms with E-state index in [9.17, 15) is 14.4 Å². The topological polar surface area (TPSA) is 109 Å². The van der Waals surface area contributed by atoms with Crippen LogP contribution in [0.5, 0.6) is 5.75 Å². The van der Waals surface area contributed by atoms with Gasteiger partial charge in [-0.25, -0.2) is 4.79 Å². The molecule has 4 rings (SSSR count). The highest BCUT2D eigenvalue weighted by atomic mass is 16.5. The van der Waals surface area contributed by atoms with E-state index in [1.54, 1.807) is 37.2 Å². The van der Waals surface area contributed by atoms with Crippen LogP contribution in [0.3, 0.4) is 0 Å². The lowest BCUT2D eigenvalue weighted by atomic mass is 9.94. The largest absolute Gasteiger partial charge is 0.490 e. The van der Waals surface area contributed by atoms with Gasteiger partial charge in [-0.05, 0) is 68.1 Å². The fourth-order valence-electron chi connectivity index (χ4n) is 4.75. The SMILES string of the molecule is CNC(=O)C[C@H]1CC[C@@H]2[C@@H](COc3ccc(NC(=O)Nc4cc(C)cc(C)c4)cc3C(=O)N2C)O1. The zero-order valence-corrected chi connectivity index (χ0v) is 20.5. The predicted molar refractivity (Wildman–Crippen MR) is 133 cm³/mol. The number of anilines is 2. The third-order valence-electron chi connectivity index (χ3n) is 6.44. The Morgan fingerprint density at radius 2 is 1.74 bits per heavy atom. The molecule has 3 atom stereocenters. The van der Waals surface area contributed by atoms with Crippen LogP contribution in [0.1, 0.15) is 40.7 Å². The van der Waals surface area contributed by atoms with E-state index in [2.05, 4.69) is 16.0 Å². The number of fused-ring (bicyclic) bond motifs is 2. The third-order valence-corrected chi connectivity index (χ3v) is 6.44. The van der Waals surface area contributed by atoms with Gasteiger partial charge >= 0.3 is 6.03 Å². The fourth-order valence-corrected chi connectivity index (χ4v) is 4.75. The number of likely N-dealkylation sites (N-methyl/N-ethyl adjacent to an activating group) is 1. The van der Waals surface area contributed by atoms with Gasteiger partial charge in [0.15, 0.2) is 0 Å². The number of carbonyl (C=O) groups excluding carboxylic acids is 3. The summed E-state index contributed by atoms with van der Waals surface area (Å²) in [4.78, 5) is 39.4. The molecule has 186 valence electrons. The number of carbonyl (C=O) groups is 3. The molecule has 0 bridgehead atoms. The zero-order chi connectivity index (χ0) is 25.1. The second kappa shape index (κ2) is 10.4. The van der Waals surface area contributed by atoms with Crippen molar-refractivity contribution in [2.24, 2.45) is 0 Å². The Kier molecular flexibility index (Phi) is 7.25. The molecule has 0 aliphatic carbocycles. The third kappa shape index (κ3) is 5.74. The lowest BCUT2D eigenvalue weighted by Crippen LogP contribution is -2.53. The maximum absolute atomic E-state index is 13.4. The van der Waals surface area contributed by atoms with Crippen molar-refractivity contribution in [2.45, 2.75) is 51.4 Å². The van der Waals surface area contributed by atoms with Crippen molar-refractivity contribution in [3.8, 4) is 5.75 Å². The van der Waals surface area contributed by atoms with Gasteiger partial charge in [0.1, 0.15) is 18.5 Å². The van der Waals surface area contributed by atoms with Gasteiger partial charge in [0.25, 0.3) is 5.91 Å². The van der Waals surface area contributed by atoms with Crippen LogP contribution in [-0.4, -0.2) is 61.7 Å². The first-order valence-electron chi connectivity index (χ1n) is 11.8. The number of urea groups is 1. The molecule has 0 radical (unpaired) electrons. The minimum atomic E-state index is -0.398. The summed E-state index contributed by atoms with van der Waals surface area (Å²) in [5.74, 6) is 0.149. The molecular formula is C26H32N4O5. The van der Waals surface area contributed by atoms with Crippen LogP contribution >= 0.6 is 0 Å². The monoisotopic (exact) mass is 480 g/mol. The van der Waals surface area contributed by atoms with Gasteiger partial charge in [-0.3, -0.25) is 9.59 Å². The van der Waals surface area contributed by atoms with Crippen molar-refractivity contribution in [2.75, 3.05) is 31.3 Å². The van der Waals surface area contributed by atoms with Crippen LogP contribution in [0.25, 0.3) is 0 Å². The average Bonchev–Trinajstić information content (AvgIpc) is 2.81. The zero-order valence-electron chi connectivity index (χ0n) is 20.5. The van der Waals surface area contributed by atoms with E-state index in [-0.39, 0.29) is 43.1 Å². The Bertz CT molecular complexity index is 1110. The Morgan fingerprint density at radius 3 is 2.46 bits per heavy atom. The van der Waals surface area contributed by atoms with E-state index in [0.717, 1.165) is 11.1 Å². The molecule has 1 saturated heterocycles. The summed E-state index contributed by atoms with van der Waals surface area (Å²) >= 11 is 0. The number of benzene rings is 2. The molecule has 3 N–H and O–H groups in total. The minimum absolute atomic E-state index is 0.0726. The first-order chi connectivity index (χ1) is 16.7. The predicted octanol–water partition coefficient (Wildman–Crippen LogP) is 3.46. The lowest BCUT2D eigenvalue weighted by Gasteiger charge is -2.42. The van der Waals surface area contributed by atoms with Crippen LogP contribution in [0.2, 0.25) is 0 Å². The maximum Gasteiger partial charge on any atom is 0.323 e. The lowest BCUT2D eigenvalue weighted by molar-refractivity contribution is -0.133. The first-order valence-corrected chi connectivity index (χ1v) is 11.8. The summed E-state index contributed by atoms with van der Waals surface area (Å²) in [5.41, 5.74) is 3.67. The summed E-state index contributed by atoms with van der Waals surface area (Å²) in [6.45, 7) is 4.20. The Hall–Kier alpha value is -3.59. The van der Waals surface area contributed by atoms with Crippen LogP contribution in [-0.2, 0) is 9.53 Å². The Balaban J connectivity index is 1.47. The maximum atomic E-state index is 13.4. The Labute approximate surface area is 205 Å². The first kappa shape index (κ1) is 24.5. The summed E-state index contributed by atoms with van der Waals surface area (Å²) in [5, 5.41) is 8.25. The molecule has 2 aliphatic heterocycles. The van der Waals surface area contributed by atoms with E-state index in [4.69, 9.17) is 9.47 Å². The minimum Gasteiger partial charge on any atom is -0.490 e. The molecule has 0 saturated carbocycles. The van der Waals surface area contributed by atoms with Gasteiger partial charge < -0.3 is 30.3 Å². The summed E-state index contributed by atoms with van der Waals surface area (Å²) in [7, 11) is 3.36. The number of rotatable bonds is 4. The van der Waals surface area contributed by atoms with Crippen LogP contribution in [0.4, 0.5) is 16.2 Å². The molecule has 0 aromatic heterocycles. The molecular weight excluding hydrogens is 448 g/mol. The van der Waals surface area contributed by atoms with Gasteiger partial charge in [0, 0.05) is 25.5 Å². The molecule has 9 nitrogen and oxygen atoms in total. The summed E-state index contributed by atoms with van der Waals surface area (Å²) < 4.78 is 12.1.